The topological polar surface area (TPSA) is 212 Å². The lowest BCUT2D eigenvalue weighted by molar-refractivity contribution is -0.157. The Morgan fingerprint density at radius 3 is 0.747 bits per heavy atom. The molecule has 21 nitrogen and oxygen atoms in total. The number of rotatable bonds is 54. The molecule has 0 heterocycles. The summed E-state index contributed by atoms with van der Waals surface area (Å²) in [6, 6.07) is 10.4. The maximum atomic E-state index is 16.2. The number of nitrogens with one attached hydrogen (secondary N) is 1. The Morgan fingerprint density at radius 1 is 0.329 bits per heavy atom. The van der Waals surface area contributed by atoms with Crippen LogP contribution in [0.2, 0.25) is 84.6 Å². The molecule has 0 aromatic heterocycles. The van der Waals surface area contributed by atoms with Crippen LogP contribution in [0.5, 0.6) is 0 Å². The molecule has 1 atom stereocenters. The van der Waals surface area contributed by atoms with Gasteiger partial charge in [0, 0.05) is 177 Å². The van der Waals surface area contributed by atoms with E-state index in [1.807, 2.05) is 0 Å². The lowest BCUT2D eigenvalue weighted by atomic mass is 9.95. The molecule has 79 heavy (non-hydrogen) atoms. The first kappa shape index (κ1) is 79.0. The third kappa shape index (κ3) is 25.1. The molecule has 0 aliphatic heterocycles. The van der Waals surface area contributed by atoms with Crippen LogP contribution in [0.25, 0.3) is 0 Å². The second-order valence-electron chi connectivity index (χ2n) is 20.3. The van der Waals surface area contributed by atoms with Gasteiger partial charge in [-0.2, -0.15) is 8.78 Å². The van der Waals surface area contributed by atoms with Crippen LogP contribution in [0.4, 0.5) is 8.78 Å². The molecule has 0 aromatic carbocycles. The number of hydrogen-bond acceptors (Lipinski definition) is 20. The molecule has 1 amide bonds. The second-order valence-corrected chi connectivity index (χ2v) is 48.8. The number of unbranched alkanes of at least 4 members (excludes halogenated alkanes) is 1. The third-order valence-electron chi connectivity index (χ3n) is 16.6. The average molecular weight is 1280 g/mol. The molecule has 0 aliphatic rings. The van der Waals surface area contributed by atoms with Crippen LogP contribution in [-0.2, 0) is 89.3 Å². The quantitative estimate of drug-likeness (QED) is 0.0444. The molecule has 0 spiro atoms. The van der Waals surface area contributed by atoms with Crippen molar-refractivity contribution in [2.24, 2.45) is 5.92 Å². The number of carbonyl (C=O) groups excluding carboxylic acids is 2. The first-order valence-electron chi connectivity index (χ1n) is 27.6. The molecule has 31 heteroatoms. The predicted molar refractivity (Wildman–Crippen MR) is 318 cm³/mol. The molecule has 0 aliphatic carbocycles. The van der Waals surface area contributed by atoms with Crippen molar-refractivity contribution in [1.82, 2.24) is 5.32 Å². The Balaban J connectivity index is 6.58. The number of hydrogen-bond donors (Lipinski definition) is 1. The first-order valence-corrected chi connectivity index (χ1v) is 44.9. The molecule has 1 unspecified atom stereocenters. The van der Waals surface area contributed by atoms with E-state index >= 15 is 8.78 Å². The van der Waals surface area contributed by atoms with Crippen molar-refractivity contribution in [2.45, 2.75) is 162 Å². The van der Waals surface area contributed by atoms with E-state index in [4.69, 9.17) is 79.7 Å². The monoisotopic (exact) mass is 1280 g/mol. The summed E-state index contributed by atoms with van der Waals surface area (Å²) in [5.74, 6) is -7.86. The van der Waals surface area contributed by atoms with Crippen molar-refractivity contribution in [3.63, 3.8) is 0 Å². The molecule has 472 valence electrons. The van der Waals surface area contributed by atoms with Crippen molar-refractivity contribution < 1.29 is 98.0 Å². The van der Waals surface area contributed by atoms with E-state index in [1.165, 1.54) is 0 Å². The maximum absolute atomic E-state index is 16.2. The minimum absolute atomic E-state index is 0.163. The van der Waals surface area contributed by atoms with Gasteiger partial charge in [-0.1, -0.05) is 93.3 Å². The van der Waals surface area contributed by atoms with Crippen molar-refractivity contribution in [3.05, 3.63) is 0 Å². The molecule has 0 radical (unpaired) electrons. The Labute approximate surface area is 483 Å². The van der Waals surface area contributed by atoms with Gasteiger partial charge in [0.2, 0.25) is 11.7 Å². The molecule has 0 fully saturated rings. The summed E-state index contributed by atoms with van der Waals surface area (Å²) in [5.41, 5.74) is 0. The minimum atomic E-state index is -3.88. The lowest BCUT2D eigenvalue weighted by Gasteiger charge is -2.35. The fourth-order valence-corrected chi connectivity index (χ4v) is 34.0. The summed E-state index contributed by atoms with van der Waals surface area (Å²) in [7, 11) is 6.75. The van der Waals surface area contributed by atoms with Gasteiger partial charge in [-0.25, -0.2) is 0 Å². The molecule has 0 aromatic rings. The first-order chi connectivity index (χ1) is 37.5. The van der Waals surface area contributed by atoms with Gasteiger partial charge in [-0.05, 0) is 19.8 Å². The second kappa shape index (κ2) is 40.4. The van der Waals surface area contributed by atoms with Gasteiger partial charge in [-0.15, -0.1) is 0 Å². The van der Waals surface area contributed by atoms with Crippen LogP contribution in [0.1, 0.15) is 71.1 Å². The van der Waals surface area contributed by atoms with Gasteiger partial charge in [0.15, 0.2) is 0 Å². The zero-order valence-electron chi connectivity index (χ0n) is 52.2. The lowest BCUT2D eigenvalue weighted by Crippen LogP contribution is -2.46. The summed E-state index contributed by atoms with van der Waals surface area (Å²) >= 11 is 0. The normalized spacial score (nSPS) is 14.1. The van der Waals surface area contributed by atoms with E-state index in [0.29, 0.717) is 49.1 Å². The van der Waals surface area contributed by atoms with Gasteiger partial charge in [0.25, 0.3) is 0 Å². The van der Waals surface area contributed by atoms with Gasteiger partial charge < -0.3 is 85.0 Å². The highest BCUT2D eigenvalue weighted by Crippen LogP contribution is 2.40. The summed E-state index contributed by atoms with van der Waals surface area (Å²) in [6.07, 6.45) is 5.58. The Kier molecular flexibility index (Phi) is 40.4. The molecular weight excluding hydrogens is 1170 g/mol. The molecule has 0 saturated heterocycles. The number of ketones is 1. The SMILES string of the molecule is CO[Si](CCC[Si](CCCCC(=O)C(F)(F)C(C)C(=O)NCCC[Si](CCC[Si](OC)(OC)OC)(CCC[Si](OC)(OC)OC)CCC[Si](OC)(OC)OC)(CCC[Si](OC)(OC)OC)CCC[Si](OC)(OC)OC)(OC)OC. The number of halogens is 2. The predicted octanol–water partition coefficient (Wildman–Crippen LogP) is 9.01. The van der Waals surface area contributed by atoms with Crippen LogP contribution in [0.3, 0.4) is 0 Å². The van der Waals surface area contributed by atoms with Crippen molar-refractivity contribution >= 4 is 80.7 Å². The summed E-state index contributed by atoms with van der Waals surface area (Å²) in [4.78, 5) is 27.2. The van der Waals surface area contributed by atoms with E-state index in [9.17, 15) is 9.59 Å². The highest BCUT2D eigenvalue weighted by molar-refractivity contribution is 6.81. The van der Waals surface area contributed by atoms with Crippen LogP contribution in [-0.4, -0.2) is 221 Å². The van der Waals surface area contributed by atoms with E-state index in [1.54, 1.807) is 128 Å². The van der Waals surface area contributed by atoms with Crippen molar-refractivity contribution in [1.29, 1.82) is 0 Å². The Bertz CT molecular complexity index is 1430. The fourth-order valence-electron chi connectivity index (χ4n) is 11.1. The highest BCUT2D eigenvalue weighted by Gasteiger charge is 2.49. The summed E-state index contributed by atoms with van der Waals surface area (Å²) in [6.45, 7) is 1.29. The summed E-state index contributed by atoms with van der Waals surface area (Å²) < 4.78 is 136. The smallest absolute Gasteiger partial charge is 0.377 e. The number of alkyl halides is 2. The van der Waals surface area contributed by atoms with E-state index in [2.05, 4.69) is 5.32 Å². The van der Waals surface area contributed by atoms with E-state index < -0.39 is 92.5 Å². The molecule has 0 rings (SSSR count). The largest absolute Gasteiger partial charge is 0.500 e. The Morgan fingerprint density at radius 2 is 0.532 bits per heavy atom. The number of carbonyl (C=O) groups is 2. The zero-order chi connectivity index (χ0) is 60.3. The molecule has 0 bridgehead atoms. The Hall–Kier alpha value is 0.0151. The minimum Gasteiger partial charge on any atom is -0.377 e. The van der Waals surface area contributed by atoms with Gasteiger partial charge in [-0.3, -0.25) is 9.59 Å². The van der Waals surface area contributed by atoms with Crippen LogP contribution in [0.15, 0.2) is 0 Å². The molecule has 0 saturated carbocycles. The summed E-state index contributed by atoms with van der Waals surface area (Å²) in [5, 5.41) is 2.78. The van der Waals surface area contributed by atoms with Gasteiger partial charge >= 0.3 is 58.7 Å². The maximum Gasteiger partial charge on any atom is 0.500 e. The van der Waals surface area contributed by atoms with Crippen LogP contribution < -0.4 is 5.32 Å². The fraction of sp³-hybridized carbons (Fsp3) is 0.958. The zero-order valence-corrected chi connectivity index (χ0v) is 60.2. The van der Waals surface area contributed by atoms with Crippen molar-refractivity contribution in [2.75, 3.05) is 135 Å². The standard InChI is InChI=1S/C48H109F2NO20Si8/c1-45(47(53)51-30-22-32-73(36-26-42-77(63-11,64-12)65-13,37-27-43-78(66-14,67-15)68-16)38-28-44-79(69-17,70-18)71-19)48(49,50)46(52)29-20-21-31-72(33-23-39-74(54-2,55-3)56-4,34-24-40-75(57-5,58-6)59-7)35-25-41-76(60-8,61-9)62-10/h45H,20-44H2,1-19H3,(H,51,53). The van der Waals surface area contributed by atoms with Crippen LogP contribution in [0, 0.1) is 5.92 Å². The number of Topliss-reactive ketones (excluding diaryl/α,β-unsaturated/α-hetero) is 1. The van der Waals surface area contributed by atoms with Crippen molar-refractivity contribution in [3.8, 4) is 0 Å². The van der Waals surface area contributed by atoms with Gasteiger partial charge in [0.1, 0.15) is 5.92 Å². The third-order valence-corrected chi connectivity index (χ3v) is 44.9. The van der Waals surface area contributed by atoms with E-state index in [-0.39, 0.29) is 19.4 Å². The average Bonchev–Trinajstić information content (AvgIpc) is 3.48. The van der Waals surface area contributed by atoms with E-state index in [0.717, 1.165) is 93.8 Å². The van der Waals surface area contributed by atoms with Crippen LogP contribution >= 0.6 is 0 Å². The van der Waals surface area contributed by atoms with Gasteiger partial charge in [0.05, 0.1) is 16.1 Å². The molecular formula is C48H109F2NO20Si8. The highest BCUT2D eigenvalue weighted by atomic mass is 28.4. The molecule has 1 N–H and O–H groups in total. The number of amides is 1.